The van der Waals surface area contributed by atoms with Crippen molar-refractivity contribution >= 4 is 46.8 Å². The van der Waals surface area contributed by atoms with Crippen LogP contribution in [0.5, 0.6) is 0 Å². The Morgan fingerprint density at radius 2 is 1.82 bits per heavy atom. The van der Waals surface area contributed by atoms with Crippen LogP contribution >= 0.6 is 35.0 Å². The van der Waals surface area contributed by atoms with Crippen molar-refractivity contribution in [3.05, 3.63) is 69.2 Å². The van der Waals surface area contributed by atoms with Crippen LogP contribution in [0, 0.1) is 6.92 Å². The molecule has 2 amide bonds. The predicted molar refractivity (Wildman–Crippen MR) is 143 cm³/mol. The second kappa shape index (κ2) is 13.4. The molecule has 0 saturated heterocycles. The van der Waals surface area contributed by atoms with Gasteiger partial charge in [0.05, 0.1) is 15.8 Å². The number of nitrogens with one attached hydrogen (secondary N) is 1. The molecule has 0 radical (unpaired) electrons. The van der Waals surface area contributed by atoms with E-state index in [1.807, 2.05) is 50.2 Å². The molecule has 0 aliphatic heterocycles. The first-order valence-electron chi connectivity index (χ1n) is 12.0. The maximum atomic E-state index is 13.4. The van der Waals surface area contributed by atoms with Crippen LogP contribution in [0.3, 0.4) is 0 Å². The van der Waals surface area contributed by atoms with Gasteiger partial charge < -0.3 is 10.2 Å². The molecule has 3 rings (SSSR count). The van der Waals surface area contributed by atoms with Gasteiger partial charge in [-0.25, -0.2) is 0 Å². The van der Waals surface area contributed by atoms with Crippen LogP contribution in [0.1, 0.15) is 62.1 Å². The Hall–Kier alpha value is -1.69. The van der Waals surface area contributed by atoms with Crippen molar-refractivity contribution in [2.24, 2.45) is 0 Å². The highest BCUT2D eigenvalue weighted by Crippen LogP contribution is 2.25. The minimum atomic E-state index is -0.486. The third-order valence-corrected chi connectivity index (χ3v) is 8.15. The van der Waals surface area contributed by atoms with E-state index in [-0.39, 0.29) is 17.9 Å². The van der Waals surface area contributed by atoms with Crippen molar-refractivity contribution in [1.82, 2.24) is 10.2 Å². The number of thioether (sulfide) groups is 1. The molecule has 7 heteroatoms. The number of halogens is 2. The topological polar surface area (TPSA) is 49.4 Å². The van der Waals surface area contributed by atoms with E-state index in [1.165, 1.54) is 18.2 Å². The number of hydrogen-bond donors (Lipinski definition) is 1. The van der Waals surface area contributed by atoms with Gasteiger partial charge in [-0.05, 0) is 55.0 Å². The van der Waals surface area contributed by atoms with Gasteiger partial charge in [-0.1, -0.05) is 79.7 Å². The maximum absolute atomic E-state index is 13.4. The van der Waals surface area contributed by atoms with Gasteiger partial charge in [-0.15, -0.1) is 11.8 Å². The molecule has 0 heterocycles. The Bertz CT molecular complexity index is 979. The fraction of sp³-hybridized carbons (Fsp3) is 0.481. The molecule has 1 aliphatic rings. The minimum absolute atomic E-state index is 0.0287. The molecule has 184 valence electrons. The lowest BCUT2D eigenvalue weighted by Crippen LogP contribution is -2.52. The second-order valence-corrected chi connectivity index (χ2v) is 10.8. The average Bonchev–Trinajstić information content (AvgIpc) is 2.83. The summed E-state index contributed by atoms with van der Waals surface area (Å²) in [5.41, 5.74) is 3.19. The summed E-state index contributed by atoms with van der Waals surface area (Å²) in [6.07, 6.45) is 6.16. The molecule has 0 bridgehead atoms. The van der Waals surface area contributed by atoms with Gasteiger partial charge in [0.1, 0.15) is 6.04 Å². The summed E-state index contributed by atoms with van der Waals surface area (Å²) in [6, 6.07) is 13.3. The highest BCUT2D eigenvalue weighted by atomic mass is 35.5. The van der Waals surface area contributed by atoms with E-state index in [0.717, 1.165) is 42.4 Å². The van der Waals surface area contributed by atoms with Gasteiger partial charge in [-0.3, -0.25) is 9.59 Å². The Morgan fingerprint density at radius 1 is 1.09 bits per heavy atom. The van der Waals surface area contributed by atoms with Crippen LogP contribution < -0.4 is 5.32 Å². The van der Waals surface area contributed by atoms with Crippen LogP contribution in [-0.2, 0) is 21.9 Å². The van der Waals surface area contributed by atoms with E-state index in [4.69, 9.17) is 23.2 Å². The highest BCUT2D eigenvalue weighted by molar-refractivity contribution is 7.99. The first-order chi connectivity index (χ1) is 16.4. The molecule has 2 aromatic carbocycles. The standard InChI is InChI=1S/C27H34Cl2N2O2S/c1-3-25(27(33)30-22-11-5-4-6-12-22)31(16-21-10-8-7-9-19(21)2)26(32)18-34-17-20-13-14-23(28)24(29)15-20/h7-10,13-15,22,25H,3-6,11-12,16-18H2,1-2H3,(H,30,33)/t25-/m0/s1. The van der Waals surface area contributed by atoms with Crippen molar-refractivity contribution < 1.29 is 9.59 Å². The van der Waals surface area contributed by atoms with Gasteiger partial charge in [0, 0.05) is 18.3 Å². The van der Waals surface area contributed by atoms with Gasteiger partial charge >= 0.3 is 0 Å². The van der Waals surface area contributed by atoms with Crippen molar-refractivity contribution in [2.75, 3.05) is 5.75 Å². The molecule has 0 unspecified atom stereocenters. The smallest absolute Gasteiger partial charge is 0.243 e. The van der Waals surface area contributed by atoms with E-state index in [1.54, 1.807) is 11.0 Å². The molecular formula is C27H34Cl2N2O2S. The lowest BCUT2D eigenvalue weighted by molar-refractivity contribution is -0.139. The first-order valence-corrected chi connectivity index (χ1v) is 14.0. The molecule has 1 saturated carbocycles. The normalized spacial score (nSPS) is 15.1. The average molecular weight is 522 g/mol. The Morgan fingerprint density at radius 3 is 2.50 bits per heavy atom. The molecule has 2 aromatic rings. The van der Waals surface area contributed by atoms with Gasteiger partial charge in [0.25, 0.3) is 0 Å². The molecule has 1 N–H and O–H groups in total. The first kappa shape index (κ1) is 26.9. The number of nitrogens with zero attached hydrogens (tertiary/aromatic N) is 1. The van der Waals surface area contributed by atoms with E-state index in [2.05, 4.69) is 5.32 Å². The zero-order valence-electron chi connectivity index (χ0n) is 20.0. The summed E-state index contributed by atoms with van der Waals surface area (Å²) >= 11 is 13.7. The van der Waals surface area contributed by atoms with Gasteiger partial charge in [0.2, 0.25) is 11.8 Å². The lowest BCUT2D eigenvalue weighted by atomic mass is 9.95. The third kappa shape index (κ3) is 7.66. The van der Waals surface area contributed by atoms with E-state index in [9.17, 15) is 9.59 Å². The van der Waals surface area contributed by atoms with Crippen molar-refractivity contribution in [3.8, 4) is 0 Å². The number of aryl methyl sites for hydroxylation is 1. The molecule has 0 spiro atoms. The Balaban J connectivity index is 1.71. The molecule has 1 fully saturated rings. The highest BCUT2D eigenvalue weighted by Gasteiger charge is 2.30. The van der Waals surface area contributed by atoms with E-state index >= 15 is 0 Å². The van der Waals surface area contributed by atoms with Crippen LogP contribution in [-0.4, -0.2) is 34.6 Å². The van der Waals surface area contributed by atoms with Crippen LogP contribution in [0.2, 0.25) is 10.0 Å². The van der Waals surface area contributed by atoms with Crippen LogP contribution in [0.25, 0.3) is 0 Å². The molecule has 1 atom stereocenters. The van der Waals surface area contributed by atoms with Crippen molar-refractivity contribution in [3.63, 3.8) is 0 Å². The SMILES string of the molecule is CC[C@@H](C(=O)NC1CCCCC1)N(Cc1ccccc1C)C(=O)CSCc1ccc(Cl)c(Cl)c1. The summed E-state index contributed by atoms with van der Waals surface area (Å²) in [4.78, 5) is 28.5. The fourth-order valence-corrected chi connectivity index (χ4v) is 5.58. The van der Waals surface area contributed by atoms with E-state index in [0.29, 0.717) is 34.5 Å². The van der Waals surface area contributed by atoms with Gasteiger partial charge in [0.15, 0.2) is 0 Å². The summed E-state index contributed by atoms with van der Waals surface area (Å²) in [7, 11) is 0. The van der Waals surface area contributed by atoms with Crippen molar-refractivity contribution in [1.29, 1.82) is 0 Å². The van der Waals surface area contributed by atoms with Gasteiger partial charge in [-0.2, -0.15) is 0 Å². The second-order valence-electron chi connectivity index (χ2n) is 8.96. The van der Waals surface area contributed by atoms with Crippen LogP contribution in [0.4, 0.5) is 0 Å². The quantitative estimate of drug-likeness (QED) is 0.375. The lowest BCUT2D eigenvalue weighted by Gasteiger charge is -2.33. The zero-order chi connectivity index (χ0) is 24.5. The predicted octanol–water partition coefficient (Wildman–Crippen LogP) is 6.79. The Kier molecular flexibility index (Phi) is 10.6. The monoisotopic (exact) mass is 520 g/mol. The number of hydrogen-bond acceptors (Lipinski definition) is 3. The Labute approximate surface area is 217 Å². The summed E-state index contributed by atoms with van der Waals surface area (Å²) in [5, 5.41) is 4.26. The minimum Gasteiger partial charge on any atom is -0.352 e. The van der Waals surface area contributed by atoms with Crippen LogP contribution in [0.15, 0.2) is 42.5 Å². The molecule has 1 aliphatic carbocycles. The number of amides is 2. The van der Waals surface area contributed by atoms with Crippen molar-refractivity contribution in [2.45, 2.75) is 76.8 Å². The molecule has 4 nitrogen and oxygen atoms in total. The number of carbonyl (C=O) groups is 2. The molecule has 0 aromatic heterocycles. The number of rotatable bonds is 10. The third-order valence-electron chi connectivity index (χ3n) is 6.42. The molecule has 34 heavy (non-hydrogen) atoms. The largest absolute Gasteiger partial charge is 0.352 e. The summed E-state index contributed by atoms with van der Waals surface area (Å²) in [5.74, 6) is 0.871. The number of carbonyl (C=O) groups excluding carboxylic acids is 2. The maximum Gasteiger partial charge on any atom is 0.243 e. The molecular weight excluding hydrogens is 487 g/mol. The van der Waals surface area contributed by atoms with E-state index < -0.39 is 6.04 Å². The summed E-state index contributed by atoms with van der Waals surface area (Å²) in [6.45, 7) is 4.45. The summed E-state index contributed by atoms with van der Waals surface area (Å²) < 4.78 is 0. The zero-order valence-corrected chi connectivity index (χ0v) is 22.3. The fourth-order valence-electron chi connectivity index (χ4n) is 4.40. The number of benzene rings is 2.